The predicted octanol–water partition coefficient (Wildman–Crippen LogP) is 3.29. The van der Waals surface area contributed by atoms with E-state index in [0.717, 1.165) is 0 Å². The molecule has 3 aromatic rings. The van der Waals surface area contributed by atoms with Crippen LogP contribution in [0.3, 0.4) is 0 Å². The minimum absolute atomic E-state index is 0.180. The van der Waals surface area contributed by atoms with Gasteiger partial charge in [-0.25, -0.2) is 0 Å². The Morgan fingerprint density at radius 2 is 2.09 bits per heavy atom. The first-order valence-electron chi connectivity index (χ1n) is 6.41. The molecule has 3 rings (SSSR count). The molecule has 22 heavy (non-hydrogen) atoms. The summed E-state index contributed by atoms with van der Waals surface area (Å²) < 4.78 is 1.67. The number of hydrogen-bond acceptors (Lipinski definition) is 4. The lowest BCUT2D eigenvalue weighted by molar-refractivity contribution is 0.103. The minimum atomic E-state index is -0.229. The third-order valence-corrected chi connectivity index (χ3v) is 3.57. The van der Waals surface area contributed by atoms with Crippen LogP contribution in [0, 0.1) is 0 Å². The molecule has 0 aliphatic heterocycles. The fourth-order valence-electron chi connectivity index (χ4n) is 2.09. The molecule has 110 valence electrons. The Balaban J connectivity index is 2.15. The molecule has 0 N–H and O–H groups in total. The van der Waals surface area contributed by atoms with Crippen LogP contribution in [0.25, 0.3) is 5.69 Å². The van der Waals surface area contributed by atoms with E-state index >= 15 is 0 Å². The molecule has 0 aliphatic carbocycles. The van der Waals surface area contributed by atoms with Gasteiger partial charge in [-0.1, -0.05) is 17.7 Å². The van der Waals surface area contributed by atoms with Crippen LogP contribution >= 0.6 is 23.2 Å². The van der Waals surface area contributed by atoms with Gasteiger partial charge in [0.05, 0.1) is 11.6 Å². The zero-order chi connectivity index (χ0) is 15.5. The third-order valence-electron chi connectivity index (χ3n) is 3.10. The number of pyridine rings is 1. The minimum Gasteiger partial charge on any atom is -0.287 e. The maximum absolute atomic E-state index is 12.7. The molecule has 0 aliphatic rings. The number of aromatic nitrogens is 4. The van der Waals surface area contributed by atoms with E-state index in [0.29, 0.717) is 27.8 Å². The van der Waals surface area contributed by atoms with E-state index in [2.05, 4.69) is 15.2 Å². The third kappa shape index (κ3) is 2.73. The SMILES string of the molecule is O=C(c1ccccn1)c1cc(Cl)ccc1-n1cnnc1CCl. The fourth-order valence-corrected chi connectivity index (χ4v) is 2.44. The summed E-state index contributed by atoms with van der Waals surface area (Å²) in [5.74, 6) is 0.492. The standard InChI is InChI=1S/C15H10Cl2N4O/c16-8-14-20-19-9-21(14)13-5-4-10(17)7-11(13)15(22)12-3-1-2-6-18-12/h1-7,9H,8H2. The number of benzene rings is 1. The lowest BCUT2D eigenvalue weighted by Crippen LogP contribution is -2.10. The van der Waals surface area contributed by atoms with Crippen molar-refractivity contribution in [2.45, 2.75) is 5.88 Å². The van der Waals surface area contributed by atoms with Gasteiger partial charge in [0.15, 0.2) is 5.82 Å². The molecule has 7 heteroatoms. The highest BCUT2D eigenvalue weighted by Gasteiger charge is 2.18. The molecule has 0 amide bonds. The van der Waals surface area contributed by atoms with Crippen LogP contribution in [0.5, 0.6) is 0 Å². The average molecular weight is 333 g/mol. The maximum atomic E-state index is 12.7. The first kappa shape index (κ1) is 14.7. The van der Waals surface area contributed by atoms with Crippen LogP contribution in [0.1, 0.15) is 21.9 Å². The normalized spacial score (nSPS) is 10.6. The smallest absolute Gasteiger partial charge is 0.213 e. The van der Waals surface area contributed by atoms with Crippen LogP contribution in [-0.4, -0.2) is 25.5 Å². The monoisotopic (exact) mass is 332 g/mol. The summed E-state index contributed by atoms with van der Waals surface area (Å²) in [6.45, 7) is 0. The lowest BCUT2D eigenvalue weighted by atomic mass is 10.1. The molecule has 0 atom stereocenters. The van der Waals surface area contributed by atoms with Gasteiger partial charge in [0.1, 0.15) is 12.0 Å². The van der Waals surface area contributed by atoms with E-state index in [-0.39, 0.29) is 11.7 Å². The maximum Gasteiger partial charge on any atom is 0.213 e. The summed E-state index contributed by atoms with van der Waals surface area (Å²) in [5.41, 5.74) is 1.37. The number of halogens is 2. The summed E-state index contributed by atoms with van der Waals surface area (Å²) in [6, 6.07) is 10.2. The summed E-state index contributed by atoms with van der Waals surface area (Å²) in [6.07, 6.45) is 3.08. The zero-order valence-corrected chi connectivity index (χ0v) is 12.8. The fraction of sp³-hybridized carbons (Fsp3) is 0.0667. The van der Waals surface area contributed by atoms with E-state index in [1.165, 1.54) is 6.33 Å². The van der Waals surface area contributed by atoms with Gasteiger partial charge in [-0.15, -0.1) is 21.8 Å². The molecule has 0 radical (unpaired) electrons. The quantitative estimate of drug-likeness (QED) is 0.543. The lowest BCUT2D eigenvalue weighted by Gasteiger charge is -2.11. The molecule has 2 aromatic heterocycles. The molecule has 0 saturated heterocycles. The second-order valence-electron chi connectivity index (χ2n) is 4.46. The highest BCUT2D eigenvalue weighted by atomic mass is 35.5. The van der Waals surface area contributed by atoms with Gasteiger partial charge in [0, 0.05) is 16.8 Å². The molecule has 2 heterocycles. The van der Waals surface area contributed by atoms with Crippen LogP contribution in [-0.2, 0) is 5.88 Å². The number of hydrogen-bond donors (Lipinski definition) is 0. The molecule has 0 saturated carbocycles. The molecular weight excluding hydrogens is 323 g/mol. The van der Waals surface area contributed by atoms with Crippen molar-refractivity contribution in [3.05, 3.63) is 71.0 Å². The molecule has 5 nitrogen and oxygen atoms in total. The Bertz CT molecular complexity index is 817. The zero-order valence-electron chi connectivity index (χ0n) is 11.3. The van der Waals surface area contributed by atoms with Gasteiger partial charge < -0.3 is 0 Å². The van der Waals surface area contributed by atoms with Crippen molar-refractivity contribution in [1.82, 2.24) is 19.7 Å². The summed E-state index contributed by atoms with van der Waals surface area (Å²) >= 11 is 11.9. The number of alkyl halides is 1. The van der Waals surface area contributed by atoms with Crippen LogP contribution in [0.15, 0.2) is 48.9 Å². The van der Waals surface area contributed by atoms with Crippen molar-refractivity contribution < 1.29 is 4.79 Å². The van der Waals surface area contributed by atoms with Gasteiger partial charge in [-0.2, -0.15) is 0 Å². The topological polar surface area (TPSA) is 60.7 Å². The first-order chi connectivity index (χ1) is 10.7. The van der Waals surface area contributed by atoms with Crippen molar-refractivity contribution in [2.24, 2.45) is 0 Å². The Morgan fingerprint density at radius 3 is 2.82 bits per heavy atom. The van der Waals surface area contributed by atoms with Gasteiger partial charge >= 0.3 is 0 Å². The number of nitrogens with zero attached hydrogens (tertiary/aromatic N) is 4. The number of carbonyl (C=O) groups excluding carboxylic acids is 1. The van der Waals surface area contributed by atoms with Crippen molar-refractivity contribution in [3.8, 4) is 5.69 Å². The Kier molecular flexibility index (Phi) is 4.18. The van der Waals surface area contributed by atoms with Gasteiger partial charge in [-0.3, -0.25) is 14.3 Å². The van der Waals surface area contributed by atoms with Crippen molar-refractivity contribution in [3.63, 3.8) is 0 Å². The summed E-state index contributed by atoms with van der Waals surface area (Å²) in [5, 5.41) is 8.22. The largest absolute Gasteiger partial charge is 0.287 e. The Labute approximate surface area is 136 Å². The Hall–Kier alpha value is -2.24. The van der Waals surface area contributed by atoms with Crippen LogP contribution in [0.4, 0.5) is 0 Å². The van der Waals surface area contributed by atoms with Crippen molar-refractivity contribution >= 4 is 29.0 Å². The molecular formula is C15H10Cl2N4O. The number of ketones is 1. The highest BCUT2D eigenvalue weighted by Crippen LogP contribution is 2.23. The highest BCUT2D eigenvalue weighted by molar-refractivity contribution is 6.31. The molecule has 0 unspecified atom stereocenters. The van der Waals surface area contributed by atoms with Gasteiger partial charge in [-0.05, 0) is 30.3 Å². The molecule has 1 aromatic carbocycles. The van der Waals surface area contributed by atoms with Crippen LogP contribution in [0.2, 0.25) is 5.02 Å². The number of rotatable bonds is 4. The van der Waals surface area contributed by atoms with Gasteiger partial charge in [0.2, 0.25) is 5.78 Å². The van der Waals surface area contributed by atoms with Crippen molar-refractivity contribution in [2.75, 3.05) is 0 Å². The molecule has 0 bridgehead atoms. The van der Waals surface area contributed by atoms with E-state index in [1.807, 2.05) is 0 Å². The molecule has 0 fully saturated rings. The van der Waals surface area contributed by atoms with E-state index < -0.39 is 0 Å². The van der Waals surface area contributed by atoms with E-state index in [1.54, 1.807) is 47.2 Å². The van der Waals surface area contributed by atoms with Crippen LogP contribution < -0.4 is 0 Å². The van der Waals surface area contributed by atoms with E-state index in [4.69, 9.17) is 23.2 Å². The number of carbonyl (C=O) groups is 1. The Morgan fingerprint density at radius 1 is 1.23 bits per heavy atom. The predicted molar refractivity (Wildman–Crippen MR) is 83.6 cm³/mol. The van der Waals surface area contributed by atoms with Crippen molar-refractivity contribution in [1.29, 1.82) is 0 Å². The summed E-state index contributed by atoms with van der Waals surface area (Å²) in [4.78, 5) is 16.8. The summed E-state index contributed by atoms with van der Waals surface area (Å²) in [7, 11) is 0. The average Bonchev–Trinajstić information content (AvgIpc) is 3.03. The van der Waals surface area contributed by atoms with Gasteiger partial charge in [0.25, 0.3) is 0 Å². The van der Waals surface area contributed by atoms with E-state index in [9.17, 15) is 4.79 Å². The molecule has 0 spiro atoms. The second kappa shape index (κ2) is 6.25. The first-order valence-corrected chi connectivity index (χ1v) is 7.32. The second-order valence-corrected chi connectivity index (χ2v) is 5.16.